The van der Waals surface area contributed by atoms with E-state index >= 15 is 52.7 Å². The Hall–Kier alpha value is -14.3. The van der Waals surface area contributed by atoms with Crippen LogP contribution in [0.15, 0.2) is 328 Å². The highest BCUT2D eigenvalue weighted by Crippen LogP contribution is 2.63. The Labute approximate surface area is 668 Å². The van der Waals surface area contributed by atoms with E-state index in [1.54, 1.807) is 109 Å². The van der Waals surface area contributed by atoms with Crippen molar-refractivity contribution in [2.45, 2.75) is 16.2 Å². The van der Waals surface area contributed by atoms with Gasteiger partial charge >= 0.3 is 0 Å². The van der Waals surface area contributed by atoms with Gasteiger partial charge in [-0.25, -0.2) is 74.6 Å². The molecule has 0 amide bonds. The first-order valence-electron chi connectivity index (χ1n) is 37.2. The summed E-state index contributed by atoms with van der Waals surface area (Å²) >= 11 is 0. The second kappa shape index (κ2) is 29.5. The molecule has 0 aromatic heterocycles. The molecule has 0 spiro atoms. The van der Waals surface area contributed by atoms with Crippen LogP contribution in [0.1, 0.15) is 66.8 Å². The predicted octanol–water partition coefficient (Wildman–Crippen LogP) is 27.6. The summed E-state index contributed by atoms with van der Waals surface area (Å²) < 4.78 is 272. The van der Waals surface area contributed by atoms with Gasteiger partial charge in [0.05, 0.1) is 72.6 Å². The molecule has 584 valence electrons. The summed E-state index contributed by atoms with van der Waals surface area (Å²) in [4.78, 5) is 2.97. The standard InChI is InChI=1S/C62H36F8N2.C37H18F9N/c63-51-49(52(64)56(68)59(55(51)67)71-45-33-17-13-29-41(45)61(37-21-5-1-6-22-37,38-23-7-2-8-24-38)42-30-14-18-34-46(42)71)50-53(65)57(69)60(58(70)54(50)66)72-47-35-19-15-31-43(47)62(39-25-9-3-10-26-39,40-27-11-4-12-28-40)44-32-16-20-36-48(44)72;38-27-25(28(39)32(43)33(44)31(27)42)26-29(40)34(45)36(35(46)30(26)41)47-23-17-9-7-15-21(23)37(19-11-3-1-4-12-19,20-13-5-2-6-14-20)22-16-8-10-18-24(22)47/h1-36H;1-18H. The largest absolute Gasteiger partial charge is 0.304 e. The predicted molar refractivity (Wildman–Crippen MR) is 423 cm³/mol. The summed E-state index contributed by atoms with van der Waals surface area (Å²) in [6.07, 6.45) is 0. The van der Waals surface area contributed by atoms with Crippen LogP contribution in [0.3, 0.4) is 0 Å². The molecule has 3 nitrogen and oxygen atoms in total. The Morgan fingerprint density at radius 2 is 0.261 bits per heavy atom. The van der Waals surface area contributed by atoms with Crippen LogP contribution in [0.25, 0.3) is 22.3 Å². The Balaban J connectivity index is 0.000000179. The van der Waals surface area contributed by atoms with Gasteiger partial charge in [0.25, 0.3) is 0 Å². The fourth-order valence-electron chi connectivity index (χ4n) is 17.9. The van der Waals surface area contributed by atoms with Gasteiger partial charge in [-0.2, -0.15) is 0 Å². The maximum atomic E-state index is 17.3. The van der Waals surface area contributed by atoms with E-state index in [9.17, 15) is 22.0 Å². The lowest BCUT2D eigenvalue weighted by molar-refractivity contribution is 0.379. The third-order valence-electron chi connectivity index (χ3n) is 22.6. The van der Waals surface area contributed by atoms with Crippen LogP contribution >= 0.6 is 0 Å². The third-order valence-corrected chi connectivity index (χ3v) is 22.6. The van der Waals surface area contributed by atoms with E-state index in [1.165, 1.54) is 36.4 Å². The minimum atomic E-state index is -2.63. The first kappa shape index (κ1) is 76.0. The monoisotopic (exact) mass is 1610 g/mol. The van der Waals surface area contributed by atoms with Crippen molar-refractivity contribution in [2.75, 3.05) is 14.7 Å². The van der Waals surface area contributed by atoms with Gasteiger partial charge in [0.1, 0.15) is 17.1 Å². The summed E-state index contributed by atoms with van der Waals surface area (Å²) in [5.74, 6) is -39.4. The second-order valence-electron chi connectivity index (χ2n) is 28.4. The molecular formula is C99H54F17N3. The Kier molecular flexibility index (Phi) is 18.8. The highest BCUT2D eigenvalue weighted by Gasteiger charge is 2.53. The van der Waals surface area contributed by atoms with Crippen LogP contribution < -0.4 is 14.7 Å². The smallest absolute Gasteiger partial charge is 0.200 e. The van der Waals surface area contributed by atoms with Gasteiger partial charge in [0.15, 0.2) is 93.1 Å². The van der Waals surface area contributed by atoms with Crippen LogP contribution in [0.4, 0.5) is 126 Å². The van der Waals surface area contributed by atoms with Gasteiger partial charge in [-0.05, 0) is 103 Å². The molecule has 19 rings (SSSR count). The minimum Gasteiger partial charge on any atom is -0.304 e. The SMILES string of the molecule is Fc1c(F)c(F)c(-c2c(F)c(F)c(N3c4ccccc4C(c4ccccc4)(c4ccccc4)c4ccccc43)c(F)c2F)c(F)c1F.Fc1c(F)c(N2c3ccccc3C(c3ccccc3)(c3ccccc3)c3ccccc32)c(F)c(F)c1-c1c(F)c(F)c(N2c3ccccc3C(c3ccccc3)(c3ccccc3)c3ccccc32)c(F)c1F. The molecule has 0 unspecified atom stereocenters. The van der Waals surface area contributed by atoms with Crippen molar-refractivity contribution in [3.05, 3.63) is 493 Å². The van der Waals surface area contributed by atoms with Gasteiger partial charge in [-0.3, -0.25) is 0 Å². The average Bonchev–Trinajstić information content (AvgIpc) is 0.699. The highest BCUT2D eigenvalue weighted by atomic mass is 19.2. The van der Waals surface area contributed by atoms with Crippen molar-refractivity contribution in [3.63, 3.8) is 0 Å². The third kappa shape index (κ3) is 11.0. The molecule has 0 bridgehead atoms. The number of para-hydroxylation sites is 6. The van der Waals surface area contributed by atoms with Crippen LogP contribution in [-0.2, 0) is 16.2 Å². The van der Waals surface area contributed by atoms with Crippen molar-refractivity contribution in [1.82, 2.24) is 0 Å². The molecule has 3 heterocycles. The molecule has 0 saturated carbocycles. The molecule has 16 aromatic carbocycles. The highest BCUT2D eigenvalue weighted by molar-refractivity contribution is 5.95. The van der Waals surface area contributed by atoms with Crippen LogP contribution in [0, 0.1) is 98.9 Å². The van der Waals surface area contributed by atoms with E-state index in [0.29, 0.717) is 33.4 Å². The van der Waals surface area contributed by atoms with E-state index in [2.05, 4.69) is 0 Å². The van der Waals surface area contributed by atoms with E-state index in [4.69, 9.17) is 0 Å². The molecule has 0 N–H and O–H groups in total. The average molecular weight is 1610 g/mol. The molecule has 20 heteroatoms. The molecular weight excluding hydrogens is 1550 g/mol. The maximum Gasteiger partial charge on any atom is 0.200 e. The molecule has 0 atom stereocenters. The molecule has 0 aliphatic carbocycles. The summed E-state index contributed by atoms with van der Waals surface area (Å²) in [5.41, 5.74) is -7.29. The number of fused-ring (bicyclic) bond motifs is 6. The van der Waals surface area contributed by atoms with Crippen molar-refractivity contribution >= 4 is 51.2 Å². The van der Waals surface area contributed by atoms with Crippen molar-refractivity contribution in [2.24, 2.45) is 0 Å². The first-order chi connectivity index (χ1) is 57.7. The number of hydrogen-bond acceptors (Lipinski definition) is 3. The summed E-state index contributed by atoms with van der Waals surface area (Å²) in [5, 5.41) is 0. The number of rotatable bonds is 11. The van der Waals surface area contributed by atoms with E-state index in [-0.39, 0.29) is 34.1 Å². The quantitative estimate of drug-likeness (QED) is 0.0726. The number of nitrogens with zero attached hydrogens (tertiary/aromatic N) is 3. The normalized spacial score (nSPS) is 13.7. The van der Waals surface area contributed by atoms with Gasteiger partial charge < -0.3 is 14.7 Å². The van der Waals surface area contributed by atoms with Gasteiger partial charge in [-0.15, -0.1) is 0 Å². The number of hydrogen-bond donors (Lipinski definition) is 0. The van der Waals surface area contributed by atoms with Gasteiger partial charge in [0, 0.05) is 0 Å². The zero-order valence-corrected chi connectivity index (χ0v) is 61.4. The molecule has 0 fully saturated rings. The summed E-state index contributed by atoms with van der Waals surface area (Å²) in [6, 6.07) is 95.1. The van der Waals surface area contributed by atoms with E-state index < -0.39 is 154 Å². The lowest BCUT2D eigenvalue weighted by atomic mass is 9.62. The van der Waals surface area contributed by atoms with Gasteiger partial charge in [-0.1, -0.05) is 291 Å². The number of anilines is 9. The van der Waals surface area contributed by atoms with E-state index in [0.717, 1.165) is 48.1 Å². The Bertz CT molecular complexity index is 6110. The van der Waals surface area contributed by atoms with Crippen LogP contribution in [0.2, 0.25) is 0 Å². The number of halogens is 17. The second-order valence-corrected chi connectivity index (χ2v) is 28.4. The fourth-order valence-corrected chi connectivity index (χ4v) is 17.9. The lowest BCUT2D eigenvalue weighted by Crippen LogP contribution is -2.38. The molecule has 0 radical (unpaired) electrons. The maximum absolute atomic E-state index is 17.3. The molecule has 3 aliphatic heterocycles. The molecule has 0 saturated heterocycles. The number of benzene rings is 16. The molecule has 3 aliphatic rings. The van der Waals surface area contributed by atoms with Crippen molar-refractivity contribution in [3.8, 4) is 22.3 Å². The zero-order chi connectivity index (χ0) is 82.7. The topological polar surface area (TPSA) is 9.72 Å². The molecule has 119 heavy (non-hydrogen) atoms. The first-order valence-corrected chi connectivity index (χ1v) is 37.2. The van der Waals surface area contributed by atoms with Crippen LogP contribution in [-0.4, -0.2) is 0 Å². The Morgan fingerprint density at radius 3 is 0.420 bits per heavy atom. The lowest BCUT2D eigenvalue weighted by Gasteiger charge is -2.46. The van der Waals surface area contributed by atoms with Crippen LogP contribution in [0.5, 0.6) is 0 Å². The minimum absolute atomic E-state index is 0.0967. The van der Waals surface area contributed by atoms with E-state index in [1.807, 2.05) is 182 Å². The zero-order valence-electron chi connectivity index (χ0n) is 61.4. The summed E-state index contributed by atoms with van der Waals surface area (Å²) in [7, 11) is 0. The van der Waals surface area contributed by atoms with Crippen molar-refractivity contribution < 1.29 is 74.6 Å². The van der Waals surface area contributed by atoms with Crippen molar-refractivity contribution in [1.29, 1.82) is 0 Å². The summed E-state index contributed by atoms with van der Waals surface area (Å²) in [6.45, 7) is 0. The van der Waals surface area contributed by atoms with Gasteiger partial charge in [0.2, 0.25) is 5.82 Å². The Morgan fingerprint density at radius 1 is 0.134 bits per heavy atom. The molecule has 16 aromatic rings. The fraction of sp³-hybridized carbons (Fsp3) is 0.0303.